The second-order valence-electron chi connectivity index (χ2n) is 4.17. The van der Waals surface area contributed by atoms with Gasteiger partial charge in [-0.3, -0.25) is 14.9 Å². The van der Waals surface area contributed by atoms with Crippen LogP contribution in [0.3, 0.4) is 0 Å². The molecule has 0 amide bonds. The quantitative estimate of drug-likeness (QED) is 0.683. The second kappa shape index (κ2) is 5.20. The van der Waals surface area contributed by atoms with Gasteiger partial charge in [0, 0.05) is 11.1 Å². The molecule has 1 N–H and O–H groups in total. The number of H-pyrrole nitrogens is 1. The van der Waals surface area contributed by atoms with Crippen LogP contribution in [-0.2, 0) is 0 Å². The van der Waals surface area contributed by atoms with Crippen LogP contribution in [0.1, 0.15) is 12.6 Å². The summed E-state index contributed by atoms with van der Waals surface area (Å²) in [4.78, 5) is 24.6. The molecular weight excluding hydrogens is 264 g/mol. The van der Waals surface area contributed by atoms with Crippen LogP contribution in [0.2, 0.25) is 0 Å². The van der Waals surface area contributed by atoms with Gasteiger partial charge in [0.2, 0.25) is 0 Å². The van der Waals surface area contributed by atoms with Gasteiger partial charge in [-0.25, -0.2) is 0 Å². The molecule has 0 aliphatic carbocycles. The van der Waals surface area contributed by atoms with E-state index >= 15 is 0 Å². The number of aromatic nitrogens is 1. The van der Waals surface area contributed by atoms with Gasteiger partial charge in [-0.15, -0.1) is 0 Å². The van der Waals surface area contributed by atoms with Gasteiger partial charge in [-0.05, 0) is 26.0 Å². The van der Waals surface area contributed by atoms with Crippen molar-refractivity contribution in [2.45, 2.75) is 13.8 Å². The van der Waals surface area contributed by atoms with Gasteiger partial charge >= 0.3 is 11.2 Å². The molecule has 0 saturated carbocycles. The third kappa shape index (κ3) is 2.18. The van der Waals surface area contributed by atoms with Crippen LogP contribution in [0.25, 0.3) is 10.8 Å². The number of aryl methyl sites for hydroxylation is 1. The first-order chi connectivity index (χ1) is 9.49. The van der Waals surface area contributed by atoms with Crippen molar-refractivity contribution in [2.75, 3.05) is 13.7 Å². The highest BCUT2D eigenvalue weighted by Gasteiger charge is 2.21. The summed E-state index contributed by atoms with van der Waals surface area (Å²) in [5.41, 5.74) is -0.683. The number of hydrogen-bond donors (Lipinski definition) is 1. The maximum absolute atomic E-state index is 11.7. The van der Waals surface area contributed by atoms with E-state index in [4.69, 9.17) is 9.47 Å². The van der Waals surface area contributed by atoms with Crippen molar-refractivity contribution in [1.29, 1.82) is 0 Å². The highest BCUT2D eigenvalue weighted by molar-refractivity contribution is 5.94. The Morgan fingerprint density at radius 2 is 1.95 bits per heavy atom. The number of nitrogens with one attached hydrogen (secondary N) is 1. The summed E-state index contributed by atoms with van der Waals surface area (Å²) >= 11 is 0. The largest absolute Gasteiger partial charge is 0.493 e. The highest BCUT2D eigenvalue weighted by atomic mass is 16.6. The van der Waals surface area contributed by atoms with Crippen molar-refractivity contribution in [3.63, 3.8) is 0 Å². The number of benzene rings is 1. The molecule has 0 bridgehead atoms. The number of nitrogens with zero attached hydrogens (tertiary/aromatic N) is 1. The molecule has 2 rings (SSSR count). The number of fused-ring (bicyclic) bond motifs is 1. The van der Waals surface area contributed by atoms with Crippen molar-refractivity contribution in [1.82, 2.24) is 4.98 Å². The molecule has 1 heterocycles. The summed E-state index contributed by atoms with van der Waals surface area (Å²) in [7, 11) is 1.44. The second-order valence-corrected chi connectivity index (χ2v) is 4.17. The summed E-state index contributed by atoms with van der Waals surface area (Å²) in [5, 5.41) is 11.9. The molecule has 0 fully saturated rings. The van der Waals surface area contributed by atoms with Gasteiger partial charge in [0.1, 0.15) is 0 Å². The van der Waals surface area contributed by atoms with Crippen molar-refractivity contribution in [3.8, 4) is 11.5 Å². The normalized spacial score (nSPS) is 10.6. The Morgan fingerprint density at radius 1 is 1.30 bits per heavy atom. The van der Waals surface area contributed by atoms with Gasteiger partial charge < -0.3 is 14.5 Å². The molecule has 0 aliphatic heterocycles. The molecule has 106 valence electrons. The first-order valence-electron chi connectivity index (χ1n) is 6.01. The van der Waals surface area contributed by atoms with Crippen molar-refractivity contribution in [2.24, 2.45) is 0 Å². The number of methoxy groups -OCH3 is 1. The Bertz CT molecular complexity index is 736. The van der Waals surface area contributed by atoms with E-state index < -0.39 is 16.2 Å². The average Bonchev–Trinajstić information content (AvgIpc) is 2.38. The predicted molar refractivity (Wildman–Crippen MR) is 73.7 cm³/mol. The summed E-state index contributed by atoms with van der Waals surface area (Å²) < 4.78 is 10.6. The third-order valence-electron chi connectivity index (χ3n) is 2.96. The zero-order valence-electron chi connectivity index (χ0n) is 11.4. The maximum Gasteiger partial charge on any atom is 0.341 e. The van der Waals surface area contributed by atoms with Gasteiger partial charge in [-0.1, -0.05) is 0 Å². The predicted octanol–water partition coefficient (Wildman–Crippen LogP) is 2.15. The number of aromatic amines is 1. The lowest BCUT2D eigenvalue weighted by Gasteiger charge is -2.11. The highest BCUT2D eigenvalue weighted by Crippen LogP contribution is 2.35. The molecule has 1 aromatic carbocycles. The number of nitro groups is 1. The standard InChI is InChI=1S/C13H14N2O5/c1-4-20-11-5-8-7(2)14-13(16)12(15(17)18)9(8)6-10(11)19-3/h5-6H,4H2,1-3H3,(H,14,16). The summed E-state index contributed by atoms with van der Waals surface area (Å²) in [6, 6.07) is 3.09. The van der Waals surface area contributed by atoms with E-state index in [9.17, 15) is 14.9 Å². The van der Waals surface area contributed by atoms with E-state index in [0.717, 1.165) is 0 Å². The van der Waals surface area contributed by atoms with E-state index in [1.165, 1.54) is 13.2 Å². The molecule has 0 unspecified atom stereocenters. The van der Waals surface area contributed by atoms with Crippen LogP contribution in [0.15, 0.2) is 16.9 Å². The monoisotopic (exact) mass is 278 g/mol. The van der Waals surface area contributed by atoms with Crippen LogP contribution < -0.4 is 15.0 Å². The lowest BCUT2D eigenvalue weighted by Crippen LogP contribution is -2.13. The van der Waals surface area contributed by atoms with Crippen LogP contribution in [0, 0.1) is 17.0 Å². The van der Waals surface area contributed by atoms with Crippen LogP contribution in [-0.4, -0.2) is 23.6 Å². The van der Waals surface area contributed by atoms with Gasteiger partial charge in [0.05, 0.1) is 24.0 Å². The molecule has 0 spiro atoms. The minimum Gasteiger partial charge on any atom is -0.493 e. The summed E-state index contributed by atoms with van der Waals surface area (Å²) in [5.74, 6) is 0.833. The topological polar surface area (TPSA) is 94.5 Å². The Morgan fingerprint density at radius 3 is 2.50 bits per heavy atom. The Kier molecular flexibility index (Phi) is 3.60. The maximum atomic E-state index is 11.7. The van der Waals surface area contributed by atoms with Crippen LogP contribution in [0.5, 0.6) is 11.5 Å². The first-order valence-corrected chi connectivity index (χ1v) is 6.01. The average molecular weight is 278 g/mol. The Labute approximate surface area is 114 Å². The molecule has 0 saturated heterocycles. The molecule has 0 radical (unpaired) electrons. The summed E-state index contributed by atoms with van der Waals surface area (Å²) in [6.07, 6.45) is 0. The fourth-order valence-electron chi connectivity index (χ4n) is 2.09. The molecule has 0 aliphatic rings. The van der Waals surface area contributed by atoms with Gasteiger partial charge in [0.15, 0.2) is 11.5 Å². The molecular formula is C13H14N2O5. The smallest absolute Gasteiger partial charge is 0.341 e. The van der Waals surface area contributed by atoms with Crippen molar-refractivity contribution >= 4 is 16.5 Å². The minimum atomic E-state index is -0.730. The van der Waals surface area contributed by atoms with E-state index in [0.29, 0.717) is 29.2 Å². The first kappa shape index (κ1) is 13.9. The van der Waals surface area contributed by atoms with Crippen molar-refractivity contribution < 1.29 is 14.4 Å². The molecule has 1 aromatic heterocycles. The lowest BCUT2D eigenvalue weighted by molar-refractivity contribution is -0.384. The fourth-order valence-corrected chi connectivity index (χ4v) is 2.09. The van der Waals surface area contributed by atoms with Crippen molar-refractivity contribution in [3.05, 3.63) is 38.3 Å². The van der Waals surface area contributed by atoms with E-state index in [1.807, 2.05) is 6.92 Å². The van der Waals surface area contributed by atoms with Gasteiger partial charge in [0.25, 0.3) is 0 Å². The van der Waals surface area contributed by atoms with E-state index in [2.05, 4.69) is 4.98 Å². The molecule has 7 heteroatoms. The van der Waals surface area contributed by atoms with Gasteiger partial charge in [-0.2, -0.15) is 0 Å². The third-order valence-corrected chi connectivity index (χ3v) is 2.96. The molecule has 0 atom stereocenters. The van der Waals surface area contributed by atoms with E-state index in [-0.39, 0.29) is 5.39 Å². The molecule has 2 aromatic rings. The lowest BCUT2D eigenvalue weighted by atomic mass is 10.1. The number of ether oxygens (including phenoxy) is 2. The summed E-state index contributed by atoms with van der Waals surface area (Å²) in [6.45, 7) is 3.94. The number of pyridine rings is 1. The molecule has 20 heavy (non-hydrogen) atoms. The zero-order chi connectivity index (χ0) is 14.9. The number of hydrogen-bond acceptors (Lipinski definition) is 5. The fraction of sp³-hybridized carbons (Fsp3) is 0.308. The zero-order valence-corrected chi connectivity index (χ0v) is 11.4. The Balaban J connectivity index is 2.90. The molecule has 7 nitrogen and oxygen atoms in total. The van der Waals surface area contributed by atoms with E-state index in [1.54, 1.807) is 13.0 Å². The SMILES string of the molecule is CCOc1cc2c(C)[nH]c(=O)c([N+](=O)[O-])c2cc1OC. The van der Waals surface area contributed by atoms with Crippen LogP contribution >= 0.6 is 0 Å². The Hall–Kier alpha value is -2.57. The minimum absolute atomic E-state index is 0.233. The number of rotatable bonds is 4. The van der Waals surface area contributed by atoms with Crippen LogP contribution in [0.4, 0.5) is 5.69 Å².